The summed E-state index contributed by atoms with van der Waals surface area (Å²) in [5.41, 5.74) is 0. The van der Waals surface area contributed by atoms with Crippen LogP contribution in [0.25, 0.3) is 0 Å². The van der Waals surface area contributed by atoms with Crippen LogP contribution >= 0.6 is 0 Å². The first-order valence-electron chi connectivity index (χ1n) is 6.06. The molecule has 1 aromatic rings. The van der Waals surface area contributed by atoms with E-state index in [1.54, 1.807) is 24.5 Å². The van der Waals surface area contributed by atoms with Crippen molar-refractivity contribution in [2.75, 3.05) is 13.6 Å². The number of nitrogens with zero attached hydrogens (tertiary/aromatic N) is 3. The van der Waals surface area contributed by atoms with E-state index in [9.17, 15) is 9.59 Å². The van der Waals surface area contributed by atoms with Crippen LogP contribution < -0.4 is 5.32 Å². The molecule has 1 aromatic heterocycles. The van der Waals surface area contributed by atoms with Crippen molar-refractivity contribution < 1.29 is 9.59 Å². The molecule has 98 valence electrons. The summed E-state index contributed by atoms with van der Waals surface area (Å²) >= 11 is 0. The smallest absolute Gasteiger partial charge is 0.225 e. The Labute approximate surface area is 106 Å². The minimum absolute atomic E-state index is 0.0210. The van der Waals surface area contributed by atoms with Crippen molar-refractivity contribution in [1.29, 1.82) is 0 Å². The van der Waals surface area contributed by atoms with E-state index in [1.165, 1.54) is 0 Å². The third-order valence-electron chi connectivity index (χ3n) is 3.14. The van der Waals surface area contributed by atoms with Gasteiger partial charge in [-0.05, 0) is 6.92 Å². The SMILES string of the molecule is C[C@H](Cn1ccnc1)NC(=O)[C@@H]1CC(=O)N(C)C1. The minimum Gasteiger partial charge on any atom is -0.352 e. The maximum absolute atomic E-state index is 12.0. The van der Waals surface area contributed by atoms with Crippen LogP contribution in [0.2, 0.25) is 0 Å². The number of hydrogen-bond acceptors (Lipinski definition) is 3. The molecule has 0 saturated carbocycles. The molecule has 0 bridgehead atoms. The van der Waals surface area contributed by atoms with Crippen LogP contribution in [-0.4, -0.2) is 45.9 Å². The number of hydrogen-bond donors (Lipinski definition) is 1. The van der Waals surface area contributed by atoms with E-state index in [0.29, 0.717) is 19.5 Å². The van der Waals surface area contributed by atoms with E-state index in [4.69, 9.17) is 0 Å². The quantitative estimate of drug-likeness (QED) is 0.809. The normalized spacial score (nSPS) is 21.1. The summed E-state index contributed by atoms with van der Waals surface area (Å²) in [6, 6.07) is 0.0210. The first-order valence-corrected chi connectivity index (χ1v) is 6.06. The lowest BCUT2D eigenvalue weighted by Crippen LogP contribution is -2.40. The summed E-state index contributed by atoms with van der Waals surface area (Å²) in [6.07, 6.45) is 5.60. The fourth-order valence-electron chi connectivity index (χ4n) is 2.16. The summed E-state index contributed by atoms with van der Waals surface area (Å²) in [7, 11) is 1.73. The Balaban J connectivity index is 1.82. The van der Waals surface area contributed by atoms with Gasteiger partial charge >= 0.3 is 0 Å². The van der Waals surface area contributed by atoms with Crippen LogP contribution in [-0.2, 0) is 16.1 Å². The topological polar surface area (TPSA) is 67.2 Å². The van der Waals surface area contributed by atoms with Gasteiger partial charge in [-0.15, -0.1) is 0 Å². The Hall–Kier alpha value is -1.85. The van der Waals surface area contributed by atoms with E-state index < -0.39 is 0 Å². The Morgan fingerprint density at radius 1 is 1.67 bits per heavy atom. The van der Waals surface area contributed by atoms with Gasteiger partial charge in [-0.3, -0.25) is 9.59 Å². The number of amides is 2. The summed E-state index contributed by atoms with van der Waals surface area (Å²) < 4.78 is 1.91. The van der Waals surface area contributed by atoms with Gasteiger partial charge in [0.15, 0.2) is 0 Å². The standard InChI is InChI=1S/C12H18N4O2/c1-9(6-16-4-3-13-8-16)14-12(18)10-5-11(17)15(2)7-10/h3-4,8-10H,5-7H2,1-2H3,(H,14,18)/t9-,10-/m1/s1. The Kier molecular flexibility index (Phi) is 3.64. The van der Waals surface area contributed by atoms with Gasteiger partial charge in [0.25, 0.3) is 0 Å². The van der Waals surface area contributed by atoms with Crippen LogP contribution in [0.1, 0.15) is 13.3 Å². The predicted molar refractivity (Wildman–Crippen MR) is 65.6 cm³/mol. The minimum atomic E-state index is -0.215. The molecule has 0 unspecified atom stereocenters. The maximum Gasteiger partial charge on any atom is 0.225 e. The first kappa shape index (κ1) is 12.6. The molecule has 1 aliphatic rings. The van der Waals surface area contributed by atoms with Gasteiger partial charge in [0, 0.05) is 45.0 Å². The van der Waals surface area contributed by atoms with Crippen molar-refractivity contribution in [3.05, 3.63) is 18.7 Å². The molecule has 1 aliphatic heterocycles. The maximum atomic E-state index is 12.0. The summed E-state index contributed by atoms with van der Waals surface area (Å²) in [5, 5.41) is 2.93. The van der Waals surface area contributed by atoms with Gasteiger partial charge in [-0.2, -0.15) is 0 Å². The van der Waals surface area contributed by atoms with Crippen molar-refractivity contribution in [3.63, 3.8) is 0 Å². The lowest BCUT2D eigenvalue weighted by atomic mass is 10.1. The van der Waals surface area contributed by atoms with Crippen LogP contribution in [0.3, 0.4) is 0 Å². The highest BCUT2D eigenvalue weighted by Crippen LogP contribution is 2.16. The second-order valence-corrected chi connectivity index (χ2v) is 4.84. The summed E-state index contributed by atoms with van der Waals surface area (Å²) in [6.45, 7) is 3.14. The van der Waals surface area contributed by atoms with Gasteiger partial charge in [0.1, 0.15) is 0 Å². The van der Waals surface area contributed by atoms with E-state index in [-0.39, 0.29) is 23.8 Å². The molecule has 18 heavy (non-hydrogen) atoms. The van der Waals surface area contributed by atoms with Gasteiger partial charge < -0.3 is 14.8 Å². The number of likely N-dealkylation sites (tertiary alicyclic amines) is 1. The van der Waals surface area contributed by atoms with Gasteiger partial charge in [-0.25, -0.2) is 4.98 Å². The number of carbonyl (C=O) groups is 2. The third-order valence-corrected chi connectivity index (χ3v) is 3.14. The summed E-state index contributed by atoms with van der Waals surface area (Å²) in [4.78, 5) is 28.9. The van der Waals surface area contributed by atoms with E-state index in [1.807, 2.05) is 17.7 Å². The van der Waals surface area contributed by atoms with Crippen molar-refractivity contribution in [2.24, 2.45) is 5.92 Å². The molecular weight excluding hydrogens is 232 g/mol. The highest BCUT2D eigenvalue weighted by molar-refractivity contribution is 5.89. The van der Waals surface area contributed by atoms with Crippen molar-refractivity contribution in [2.45, 2.75) is 25.9 Å². The molecule has 2 rings (SSSR count). The van der Waals surface area contributed by atoms with Gasteiger partial charge in [0.05, 0.1) is 12.2 Å². The summed E-state index contributed by atoms with van der Waals surface area (Å²) in [5.74, 6) is -0.217. The number of imidazole rings is 1. The fraction of sp³-hybridized carbons (Fsp3) is 0.583. The molecule has 6 heteroatoms. The molecule has 1 saturated heterocycles. The van der Waals surface area contributed by atoms with Crippen LogP contribution in [0.5, 0.6) is 0 Å². The van der Waals surface area contributed by atoms with E-state index >= 15 is 0 Å². The monoisotopic (exact) mass is 250 g/mol. The lowest BCUT2D eigenvalue weighted by Gasteiger charge is -2.17. The van der Waals surface area contributed by atoms with Crippen LogP contribution in [0.4, 0.5) is 0 Å². The number of rotatable bonds is 4. The zero-order valence-electron chi connectivity index (χ0n) is 10.7. The molecule has 6 nitrogen and oxygen atoms in total. The Bertz CT molecular complexity index is 429. The number of aromatic nitrogens is 2. The van der Waals surface area contributed by atoms with Crippen LogP contribution in [0, 0.1) is 5.92 Å². The molecule has 2 amide bonds. The average Bonchev–Trinajstić information content (AvgIpc) is 2.90. The molecule has 0 radical (unpaired) electrons. The zero-order valence-corrected chi connectivity index (χ0v) is 10.7. The van der Waals surface area contributed by atoms with E-state index in [0.717, 1.165) is 0 Å². The molecular formula is C12H18N4O2. The zero-order chi connectivity index (χ0) is 13.1. The second-order valence-electron chi connectivity index (χ2n) is 4.84. The molecule has 0 aromatic carbocycles. The Morgan fingerprint density at radius 3 is 3.00 bits per heavy atom. The average molecular weight is 250 g/mol. The molecule has 1 N–H and O–H groups in total. The van der Waals surface area contributed by atoms with Crippen molar-refractivity contribution >= 4 is 11.8 Å². The third kappa shape index (κ3) is 2.88. The molecule has 0 aliphatic carbocycles. The van der Waals surface area contributed by atoms with Crippen LogP contribution in [0.15, 0.2) is 18.7 Å². The predicted octanol–water partition coefficient (Wildman–Crippen LogP) is -0.134. The molecule has 2 heterocycles. The largest absolute Gasteiger partial charge is 0.352 e. The Morgan fingerprint density at radius 2 is 2.44 bits per heavy atom. The van der Waals surface area contributed by atoms with Crippen molar-refractivity contribution in [1.82, 2.24) is 19.8 Å². The van der Waals surface area contributed by atoms with Gasteiger partial charge in [-0.1, -0.05) is 0 Å². The second kappa shape index (κ2) is 5.20. The van der Waals surface area contributed by atoms with Gasteiger partial charge in [0.2, 0.25) is 11.8 Å². The fourth-order valence-corrected chi connectivity index (χ4v) is 2.16. The number of nitrogens with one attached hydrogen (secondary N) is 1. The molecule has 1 fully saturated rings. The molecule has 0 spiro atoms. The highest BCUT2D eigenvalue weighted by atomic mass is 16.2. The molecule has 2 atom stereocenters. The first-order chi connectivity index (χ1) is 8.56. The number of carbonyl (C=O) groups excluding carboxylic acids is 2. The van der Waals surface area contributed by atoms with E-state index in [2.05, 4.69) is 10.3 Å². The highest BCUT2D eigenvalue weighted by Gasteiger charge is 2.32. The van der Waals surface area contributed by atoms with Crippen molar-refractivity contribution in [3.8, 4) is 0 Å². The lowest BCUT2D eigenvalue weighted by molar-refractivity contribution is -0.128.